The molecule has 4 heteroatoms. The maximum atomic E-state index is 12.3. The first-order valence-electron chi connectivity index (χ1n) is 5.84. The second-order valence-electron chi connectivity index (χ2n) is 4.49. The molecule has 1 amide bonds. The lowest BCUT2D eigenvalue weighted by Gasteiger charge is -2.33. The van der Waals surface area contributed by atoms with E-state index in [4.69, 9.17) is 0 Å². The quantitative estimate of drug-likeness (QED) is 0.753. The van der Waals surface area contributed by atoms with E-state index < -0.39 is 0 Å². The predicted molar refractivity (Wildman–Crippen MR) is 65.9 cm³/mol. The molecule has 1 aliphatic rings. The summed E-state index contributed by atoms with van der Waals surface area (Å²) < 4.78 is 0. The molecule has 0 N–H and O–H groups in total. The first kappa shape index (κ1) is 11.6. The SMILES string of the molecule is Cc1nc(C)c(C(=O)N2CCCC[C@@H]2C)s1. The van der Waals surface area contributed by atoms with Crippen LogP contribution in [0.2, 0.25) is 0 Å². The molecule has 1 aromatic heterocycles. The van der Waals surface area contributed by atoms with Crippen LogP contribution in [0.15, 0.2) is 0 Å². The van der Waals surface area contributed by atoms with Gasteiger partial charge in [-0.05, 0) is 40.0 Å². The van der Waals surface area contributed by atoms with Gasteiger partial charge in [-0.3, -0.25) is 4.79 Å². The van der Waals surface area contributed by atoms with Gasteiger partial charge in [0.2, 0.25) is 0 Å². The molecule has 1 fully saturated rings. The zero-order valence-corrected chi connectivity index (χ0v) is 10.9. The van der Waals surface area contributed by atoms with E-state index in [9.17, 15) is 4.79 Å². The summed E-state index contributed by atoms with van der Waals surface area (Å²) in [5.74, 6) is 0.176. The van der Waals surface area contributed by atoms with Gasteiger partial charge in [-0.1, -0.05) is 0 Å². The lowest BCUT2D eigenvalue weighted by Crippen LogP contribution is -2.41. The Kier molecular flexibility index (Phi) is 3.28. The van der Waals surface area contributed by atoms with Gasteiger partial charge in [0.1, 0.15) is 4.88 Å². The molecule has 1 aromatic rings. The molecule has 0 radical (unpaired) electrons. The number of hydrogen-bond donors (Lipinski definition) is 0. The first-order valence-corrected chi connectivity index (χ1v) is 6.66. The van der Waals surface area contributed by atoms with Crippen LogP contribution >= 0.6 is 11.3 Å². The highest BCUT2D eigenvalue weighted by Crippen LogP contribution is 2.24. The Hall–Kier alpha value is -0.900. The molecule has 0 bridgehead atoms. The third-order valence-electron chi connectivity index (χ3n) is 3.16. The van der Waals surface area contributed by atoms with Gasteiger partial charge in [0, 0.05) is 12.6 Å². The van der Waals surface area contributed by atoms with Gasteiger partial charge in [0.05, 0.1) is 10.7 Å². The molecule has 0 aromatic carbocycles. The van der Waals surface area contributed by atoms with Crippen molar-refractivity contribution >= 4 is 17.2 Å². The monoisotopic (exact) mass is 238 g/mol. The van der Waals surface area contributed by atoms with Crippen LogP contribution in [0.25, 0.3) is 0 Å². The third-order valence-corrected chi connectivity index (χ3v) is 4.22. The van der Waals surface area contributed by atoms with Crippen molar-refractivity contribution in [2.75, 3.05) is 6.54 Å². The number of aryl methyl sites for hydroxylation is 2. The molecular weight excluding hydrogens is 220 g/mol. The van der Waals surface area contributed by atoms with E-state index in [0.29, 0.717) is 6.04 Å². The molecule has 16 heavy (non-hydrogen) atoms. The highest BCUT2D eigenvalue weighted by molar-refractivity contribution is 7.13. The minimum absolute atomic E-state index is 0.176. The summed E-state index contributed by atoms with van der Waals surface area (Å²) in [5.41, 5.74) is 0.880. The Morgan fingerprint density at radius 1 is 1.44 bits per heavy atom. The molecule has 3 nitrogen and oxygen atoms in total. The lowest BCUT2D eigenvalue weighted by molar-refractivity contribution is 0.0639. The van der Waals surface area contributed by atoms with Gasteiger partial charge in [0.15, 0.2) is 0 Å². The van der Waals surface area contributed by atoms with E-state index in [1.165, 1.54) is 17.8 Å². The van der Waals surface area contributed by atoms with Gasteiger partial charge < -0.3 is 4.90 Å². The molecule has 0 spiro atoms. The van der Waals surface area contributed by atoms with Crippen molar-refractivity contribution < 1.29 is 4.79 Å². The summed E-state index contributed by atoms with van der Waals surface area (Å²) in [6, 6.07) is 0.378. The van der Waals surface area contributed by atoms with Crippen molar-refractivity contribution in [1.82, 2.24) is 9.88 Å². The standard InChI is InChI=1S/C12H18N2OS/c1-8-6-4-5-7-14(8)12(15)11-9(2)13-10(3)16-11/h8H,4-7H2,1-3H3/t8-/m0/s1. The van der Waals surface area contributed by atoms with Gasteiger partial charge in [0.25, 0.3) is 5.91 Å². The number of aromatic nitrogens is 1. The summed E-state index contributed by atoms with van der Waals surface area (Å²) in [5, 5.41) is 0.977. The van der Waals surface area contributed by atoms with E-state index in [1.54, 1.807) is 0 Å². The molecule has 2 heterocycles. The number of amides is 1. The molecule has 0 saturated carbocycles. The van der Waals surface area contributed by atoms with Crippen LogP contribution in [-0.4, -0.2) is 28.4 Å². The topological polar surface area (TPSA) is 33.2 Å². The Bertz CT molecular complexity index is 400. The number of carbonyl (C=O) groups excluding carboxylic acids is 1. The minimum Gasteiger partial charge on any atom is -0.335 e. The molecule has 0 unspecified atom stereocenters. The van der Waals surface area contributed by atoms with Crippen molar-refractivity contribution in [2.24, 2.45) is 0 Å². The van der Waals surface area contributed by atoms with Crippen LogP contribution in [0.3, 0.4) is 0 Å². The Morgan fingerprint density at radius 3 is 2.75 bits per heavy atom. The van der Waals surface area contributed by atoms with Crippen molar-refractivity contribution in [3.63, 3.8) is 0 Å². The fourth-order valence-corrected chi connectivity index (χ4v) is 3.14. The average molecular weight is 238 g/mol. The number of nitrogens with zero attached hydrogens (tertiary/aromatic N) is 2. The van der Waals surface area contributed by atoms with Gasteiger partial charge >= 0.3 is 0 Å². The first-order chi connectivity index (χ1) is 7.59. The molecule has 1 saturated heterocycles. The van der Waals surface area contributed by atoms with Crippen molar-refractivity contribution in [3.05, 3.63) is 15.6 Å². The van der Waals surface area contributed by atoms with Crippen LogP contribution < -0.4 is 0 Å². The molecule has 88 valence electrons. The fraction of sp³-hybridized carbons (Fsp3) is 0.667. The smallest absolute Gasteiger partial charge is 0.266 e. The largest absolute Gasteiger partial charge is 0.335 e. The minimum atomic E-state index is 0.176. The number of rotatable bonds is 1. The second kappa shape index (κ2) is 4.53. The number of hydrogen-bond acceptors (Lipinski definition) is 3. The van der Waals surface area contributed by atoms with E-state index in [-0.39, 0.29) is 5.91 Å². The number of thiazole rings is 1. The third kappa shape index (κ3) is 2.12. The highest BCUT2D eigenvalue weighted by atomic mass is 32.1. The van der Waals surface area contributed by atoms with Gasteiger partial charge in [-0.25, -0.2) is 4.98 Å². The number of likely N-dealkylation sites (tertiary alicyclic amines) is 1. The van der Waals surface area contributed by atoms with E-state index in [1.807, 2.05) is 18.7 Å². The maximum absolute atomic E-state index is 12.3. The van der Waals surface area contributed by atoms with Gasteiger partial charge in [-0.15, -0.1) is 11.3 Å². The van der Waals surface area contributed by atoms with Gasteiger partial charge in [-0.2, -0.15) is 0 Å². The van der Waals surface area contributed by atoms with E-state index >= 15 is 0 Å². The summed E-state index contributed by atoms with van der Waals surface area (Å²) in [6.45, 7) is 6.91. The van der Waals surface area contributed by atoms with Crippen molar-refractivity contribution in [2.45, 2.75) is 46.1 Å². The molecule has 0 aliphatic carbocycles. The molecule has 2 rings (SSSR count). The van der Waals surface area contributed by atoms with Crippen molar-refractivity contribution in [1.29, 1.82) is 0 Å². The lowest BCUT2D eigenvalue weighted by atomic mass is 10.0. The number of carbonyl (C=O) groups is 1. The van der Waals surface area contributed by atoms with Crippen LogP contribution in [0.5, 0.6) is 0 Å². The van der Waals surface area contributed by atoms with Crippen LogP contribution in [0, 0.1) is 13.8 Å². The molecule has 1 atom stereocenters. The van der Waals surface area contributed by atoms with Crippen molar-refractivity contribution in [3.8, 4) is 0 Å². The predicted octanol–water partition coefficient (Wildman–Crippen LogP) is 2.77. The molecule has 1 aliphatic heterocycles. The number of piperidine rings is 1. The van der Waals surface area contributed by atoms with E-state index in [0.717, 1.165) is 35.0 Å². The molecular formula is C12H18N2OS. The normalized spacial score (nSPS) is 21.2. The Balaban J connectivity index is 2.21. The summed E-state index contributed by atoms with van der Waals surface area (Å²) in [7, 11) is 0. The van der Waals surface area contributed by atoms with Crippen LogP contribution in [-0.2, 0) is 0 Å². The van der Waals surface area contributed by atoms with Crippen LogP contribution in [0.4, 0.5) is 0 Å². The fourth-order valence-electron chi connectivity index (χ4n) is 2.26. The Labute approximate surface area is 100 Å². The zero-order chi connectivity index (χ0) is 11.7. The Morgan fingerprint density at radius 2 is 2.19 bits per heavy atom. The van der Waals surface area contributed by atoms with E-state index in [2.05, 4.69) is 11.9 Å². The highest BCUT2D eigenvalue weighted by Gasteiger charge is 2.26. The zero-order valence-electron chi connectivity index (χ0n) is 10.1. The summed E-state index contributed by atoms with van der Waals surface area (Å²) in [6.07, 6.45) is 3.50. The second-order valence-corrected chi connectivity index (χ2v) is 5.69. The average Bonchev–Trinajstić information content (AvgIpc) is 2.58. The summed E-state index contributed by atoms with van der Waals surface area (Å²) in [4.78, 5) is 19.5. The maximum Gasteiger partial charge on any atom is 0.266 e. The summed E-state index contributed by atoms with van der Waals surface area (Å²) >= 11 is 1.52. The van der Waals surface area contributed by atoms with Crippen LogP contribution in [0.1, 0.15) is 46.6 Å².